The van der Waals surface area contributed by atoms with Crippen molar-refractivity contribution in [2.45, 2.75) is 11.6 Å². The van der Waals surface area contributed by atoms with Gasteiger partial charge < -0.3 is 9.90 Å². The number of carboxylic acids is 1. The van der Waals surface area contributed by atoms with E-state index in [0.29, 0.717) is 0 Å². The molecule has 0 fully saturated rings. The molecule has 0 saturated carbocycles. The Balaban J connectivity index is 2.68. The highest BCUT2D eigenvalue weighted by molar-refractivity contribution is 5.75. The van der Waals surface area contributed by atoms with Crippen LogP contribution in [0, 0.1) is 5.92 Å². The lowest BCUT2D eigenvalue weighted by Gasteiger charge is -2.41. The molecule has 0 spiro atoms. The zero-order chi connectivity index (χ0) is 14.1. The van der Waals surface area contributed by atoms with Crippen LogP contribution in [0.3, 0.4) is 0 Å². The van der Waals surface area contributed by atoms with E-state index in [1.54, 1.807) is 6.07 Å². The highest BCUT2D eigenvalue weighted by atomic mass is 19.4. The van der Waals surface area contributed by atoms with Gasteiger partial charge in [-0.25, -0.2) is 0 Å². The van der Waals surface area contributed by atoms with Crippen molar-refractivity contribution in [3.8, 4) is 0 Å². The van der Waals surface area contributed by atoms with Crippen LogP contribution < -0.4 is 5.11 Å². The van der Waals surface area contributed by atoms with E-state index in [1.165, 1.54) is 36.4 Å². The molecular weight excluding hydrogens is 257 g/mol. The van der Waals surface area contributed by atoms with Gasteiger partial charge in [0.1, 0.15) is 5.41 Å². The van der Waals surface area contributed by atoms with Crippen LogP contribution in [0.25, 0.3) is 0 Å². The number of hydrogen-bond acceptors (Lipinski definition) is 2. The molecule has 0 radical (unpaired) electrons. The van der Waals surface area contributed by atoms with Crippen molar-refractivity contribution in [1.29, 1.82) is 0 Å². The third kappa shape index (κ3) is 2.05. The van der Waals surface area contributed by atoms with Crippen LogP contribution in [0.15, 0.2) is 54.6 Å². The lowest BCUT2D eigenvalue weighted by atomic mass is 9.67. The second-order valence-electron chi connectivity index (χ2n) is 4.27. The molecule has 0 amide bonds. The van der Waals surface area contributed by atoms with E-state index in [4.69, 9.17) is 0 Å². The molecule has 0 bridgehead atoms. The Morgan fingerprint density at radius 3 is 2.32 bits per heavy atom. The van der Waals surface area contributed by atoms with Crippen molar-refractivity contribution in [3.05, 3.63) is 60.2 Å². The number of alkyl halides is 3. The maximum atomic E-state index is 13.5. The van der Waals surface area contributed by atoms with E-state index in [1.807, 2.05) is 0 Å². The quantitative estimate of drug-likeness (QED) is 0.822. The Hall–Kier alpha value is -2.04. The largest absolute Gasteiger partial charge is 0.549 e. The van der Waals surface area contributed by atoms with E-state index in [-0.39, 0.29) is 5.56 Å². The molecule has 100 valence electrons. The highest BCUT2D eigenvalue weighted by Crippen LogP contribution is 2.49. The topological polar surface area (TPSA) is 40.1 Å². The van der Waals surface area contributed by atoms with Gasteiger partial charge >= 0.3 is 6.18 Å². The Morgan fingerprint density at radius 2 is 1.79 bits per heavy atom. The Labute approximate surface area is 107 Å². The van der Waals surface area contributed by atoms with Crippen molar-refractivity contribution in [2.24, 2.45) is 5.92 Å². The Bertz CT molecular complexity index is 531. The predicted octanol–water partition coefficient (Wildman–Crippen LogP) is 1.98. The third-order valence-corrected chi connectivity index (χ3v) is 3.24. The number of aliphatic carboxylic acids is 1. The van der Waals surface area contributed by atoms with Crippen LogP contribution in [-0.2, 0) is 10.2 Å². The van der Waals surface area contributed by atoms with Gasteiger partial charge in [0, 0.05) is 11.9 Å². The fraction of sp³-hybridized carbons (Fsp3) is 0.214. The average Bonchev–Trinajstić information content (AvgIpc) is 2.38. The molecule has 19 heavy (non-hydrogen) atoms. The Morgan fingerprint density at radius 1 is 1.16 bits per heavy atom. The number of allylic oxidation sites excluding steroid dienone is 3. The summed E-state index contributed by atoms with van der Waals surface area (Å²) in [5.41, 5.74) is -2.70. The molecule has 1 aliphatic rings. The molecule has 0 N–H and O–H groups in total. The smallest absolute Gasteiger partial charge is 0.402 e. The number of hydrogen-bond donors (Lipinski definition) is 0. The first-order valence-electron chi connectivity index (χ1n) is 5.59. The second kappa shape index (κ2) is 4.57. The van der Waals surface area contributed by atoms with Crippen LogP contribution >= 0.6 is 0 Å². The molecule has 2 rings (SSSR count). The molecule has 1 aromatic rings. The van der Waals surface area contributed by atoms with Gasteiger partial charge in [0.15, 0.2) is 0 Å². The number of rotatable bonds is 2. The lowest BCUT2D eigenvalue weighted by Crippen LogP contribution is -2.53. The minimum absolute atomic E-state index is 0.114. The van der Waals surface area contributed by atoms with Gasteiger partial charge in [-0.15, -0.1) is 0 Å². The fourth-order valence-electron chi connectivity index (χ4n) is 2.33. The number of carboxylic acid groups (broad SMARTS) is 1. The summed E-state index contributed by atoms with van der Waals surface area (Å²) < 4.78 is 40.5. The third-order valence-electron chi connectivity index (χ3n) is 3.24. The van der Waals surface area contributed by atoms with Crippen molar-refractivity contribution in [2.75, 3.05) is 0 Å². The van der Waals surface area contributed by atoms with Crippen LogP contribution in [0.4, 0.5) is 13.2 Å². The molecule has 2 unspecified atom stereocenters. The normalized spacial score (nSPS) is 26.4. The van der Waals surface area contributed by atoms with Crippen molar-refractivity contribution in [1.82, 2.24) is 0 Å². The summed E-state index contributed by atoms with van der Waals surface area (Å²) in [4.78, 5) is 11.1. The molecule has 2 atom stereocenters. The zero-order valence-corrected chi connectivity index (χ0v) is 9.72. The maximum absolute atomic E-state index is 13.5. The monoisotopic (exact) mass is 267 g/mol. The number of carbonyl (C=O) groups is 1. The first-order valence-corrected chi connectivity index (χ1v) is 5.59. The molecule has 1 aromatic carbocycles. The second-order valence-corrected chi connectivity index (χ2v) is 4.27. The summed E-state index contributed by atoms with van der Waals surface area (Å²) in [7, 11) is 0. The van der Waals surface area contributed by atoms with Crippen molar-refractivity contribution in [3.63, 3.8) is 0 Å². The van der Waals surface area contributed by atoms with Gasteiger partial charge in [-0.1, -0.05) is 54.6 Å². The summed E-state index contributed by atoms with van der Waals surface area (Å²) in [6.07, 6.45) is -0.355. The Kier molecular flexibility index (Phi) is 3.22. The maximum Gasteiger partial charge on any atom is 0.402 e. The molecule has 0 heterocycles. The summed E-state index contributed by atoms with van der Waals surface area (Å²) >= 11 is 0. The number of carbonyl (C=O) groups excluding carboxylic acids is 1. The summed E-state index contributed by atoms with van der Waals surface area (Å²) in [5, 5.41) is 11.1. The molecule has 5 heteroatoms. The number of benzene rings is 1. The molecule has 1 aliphatic carbocycles. The molecular formula is C14H10F3O2-. The van der Waals surface area contributed by atoms with E-state index in [2.05, 4.69) is 0 Å². The van der Waals surface area contributed by atoms with Crippen molar-refractivity contribution >= 4 is 5.97 Å². The fourth-order valence-corrected chi connectivity index (χ4v) is 2.33. The van der Waals surface area contributed by atoms with Crippen LogP contribution in [0.1, 0.15) is 5.56 Å². The standard InChI is InChI=1S/C14H11F3O2/c15-14(16,17)13(10-6-2-1-3-7-10)9-5-4-8-11(13)12(18)19/h1-9,11H,(H,18,19)/p-1. The highest BCUT2D eigenvalue weighted by Gasteiger charge is 2.59. The molecule has 0 saturated heterocycles. The first kappa shape index (κ1) is 13.4. The lowest BCUT2D eigenvalue weighted by molar-refractivity contribution is -0.316. The van der Waals surface area contributed by atoms with Crippen LogP contribution in [0.5, 0.6) is 0 Å². The molecule has 2 nitrogen and oxygen atoms in total. The van der Waals surface area contributed by atoms with Gasteiger partial charge in [0.25, 0.3) is 0 Å². The minimum Gasteiger partial charge on any atom is -0.549 e. The van der Waals surface area contributed by atoms with Gasteiger partial charge in [-0.05, 0) is 5.56 Å². The minimum atomic E-state index is -4.74. The van der Waals surface area contributed by atoms with Crippen LogP contribution in [0.2, 0.25) is 0 Å². The van der Waals surface area contributed by atoms with Gasteiger partial charge in [-0.2, -0.15) is 13.2 Å². The van der Waals surface area contributed by atoms with E-state index < -0.39 is 23.5 Å². The summed E-state index contributed by atoms with van der Waals surface area (Å²) in [5.74, 6) is -3.53. The zero-order valence-electron chi connectivity index (χ0n) is 9.72. The molecule has 0 aromatic heterocycles. The number of halogens is 3. The first-order chi connectivity index (χ1) is 8.89. The van der Waals surface area contributed by atoms with E-state index >= 15 is 0 Å². The van der Waals surface area contributed by atoms with Crippen LogP contribution in [-0.4, -0.2) is 12.1 Å². The predicted molar refractivity (Wildman–Crippen MR) is 61.0 cm³/mol. The van der Waals surface area contributed by atoms with E-state index in [9.17, 15) is 23.1 Å². The molecule has 0 aliphatic heterocycles. The van der Waals surface area contributed by atoms with Gasteiger partial charge in [0.2, 0.25) is 0 Å². The SMILES string of the molecule is O=C([O-])C1C=CC=CC1(c1ccccc1)C(F)(F)F. The van der Waals surface area contributed by atoms with Crippen molar-refractivity contribution < 1.29 is 23.1 Å². The average molecular weight is 267 g/mol. The van der Waals surface area contributed by atoms with Gasteiger partial charge in [0.05, 0.1) is 0 Å². The van der Waals surface area contributed by atoms with Gasteiger partial charge in [-0.3, -0.25) is 0 Å². The summed E-state index contributed by atoms with van der Waals surface area (Å²) in [6.45, 7) is 0. The summed E-state index contributed by atoms with van der Waals surface area (Å²) in [6, 6.07) is 7.01. The van der Waals surface area contributed by atoms with E-state index in [0.717, 1.165) is 12.2 Å².